The molecular formula is C19H27FN2O3. The summed E-state index contributed by atoms with van der Waals surface area (Å²) in [6, 6.07) is 6.11. The van der Waals surface area contributed by atoms with Gasteiger partial charge in [-0.25, -0.2) is 4.39 Å². The number of amides is 1. The van der Waals surface area contributed by atoms with Crippen LogP contribution in [0, 0.1) is 11.7 Å². The molecule has 25 heavy (non-hydrogen) atoms. The molecule has 1 aromatic carbocycles. The van der Waals surface area contributed by atoms with Crippen molar-refractivity contribution < 1.29 is 18.7 Å². The molecule has 1 aliphatic heterocycles. The van der Waals surface area contributed by atoms with Crippen molar-refractivity contribution in [2.24, 2.45) is 5.92 Å². The largest absolute Gasteiger partial charge is 0.465 e. The van der Waals surface area contributed by atoms with E-state index in [0.717, 1.165) is 44.3 Å². The number of esters is 1. The number of nitrogens with one attached hydrogen (secondary N) is 1. The van der Waals surface area contributed by atoms with Gasteiger partial charge in [0, 0.05) is 12.5 Å². The first kappa shape index (κ1) is 19.4. The average molecular weight is 350 g/mol. The molecule has 2 rings (SSSR count). The number of benzene rings is 1. The number of hydrogen-bond donors (Lipinski definition) is 1. The lowest BCUT2D eigenvalue weighted by Gasteiger charge is -2.30. The second-order valence-electron chi connectivity index (χ2n) is 6.47. The molecule has 0 spiro atoms. The van der Waals surface area contributed by atoms with E-state index >= 15 is 0 Å². The molecule has 0 aromatic heterocycles. The molecule has 1 amide bonds. The molecule has 1 heterocycles. The summed E-state index contributed by atoms with van der Waals surface area (Å²) in [5, 5.41) is 2.91. The summed E-state index contributed by atoms with van der Waals surface area (Å²) < 4.78 is 18.0. The Balaban J connectivity index is 1.66. The van der Waals surface area contributed by atoms with Crippen LogP contribution in [0.3, 0.4) is 0 Å². The van der Waals surface area contributed by atoms with Gasteiger partial charge in [0.2, 0.25) is 5.91 Å². The first-order chi connectivity index (χ1) is 12.1. The fourth-order valence-electron chi connectivity index (χ4n) is 2.85. The van der Waals surface area contributed by atoms with Crippen molar-refractivity contribution in [3.8, 4) is 0 Å². The summed E-state index contributed by atoms with van der Waals surface area (Å²) >= 11 is 0. The van der Waals surface area contributed by atoms with Gasteiger partial charge >= 0.3 is 5.97 Å². The molecule has 0 aliphatic carbocycles. The minimum atomic E-state index is -0.282. The van der Waals surface area contributed by atoms with E-state index in [1.54, 1.807) is 12.1 Å². The normalized spacial score (nSPS) is 15.8. The number of piperidine rings is 1. The highest BCUT2D eigenvalue weighted by Crippen LogP contribution is 2.17. The number of hydrogen-bond acceptors (Lipinski definition) is 4. The molecule has 1 fully saturated rings. The lowest BCUT2D eigenvalue weighted by Crippen LogP contribution is -2.42. The van der Waals surface area contributed by atoms with Crippen molar-refractivity contribution in [2.45, 2.75) is 39.2 Å². The Labute approximate surface area is 148 Å². The topological polar surface area (TPSA) is 58.6 Å². The fourth-order valence-corrected chi connectivity index (χ4v) is 2.85. The zero-order valence-electron chi connectivity index (χ0n) is 14.8. The first-order valence-electron chi connectivity index (χ1n) is 8.98. The lowest BCUT2D eigenvalue weighted by atomic mass is 9.96. The molecule has 0 atom stereocenters. The minimum absolute atomic E-state index is 0.0227. The van der Waals surface area contributed by atoms with Gasteiger partial charge in [0.05, 0.1) is 13.2 Å². The van der Waals surface area contributed by atoms with Crippen molar-refractivity contribution in [1.29, 1.82) is 0 Å². The Bertz CT molecular complexity index is 554. The zero-order chi connectivity index (χ0) is 18.1. The second-order valence-corrected chi connectivity index (χ2v) is 6.47. The monoisotopic (exact) mass is 350 g/mol. The maximum atomic E-state index is 12.9. The SMILES string of the molecule is CCCCOC(=O)CN1CCC(C(=O)NCc2ccc(F)cc2)CC1. The van der Waals surface area contributed by atoms with Crippen LogP contribution in [-0.2, 0) is 20.9 Å². The van der Waals surface area contributed by atoms with Gasteiger partial charge in [-0.05, 0) is 50.0 Å². The summed E-state index contributed by atoms with van der Waals surface area (Å²) in [5.41, 5.74) is 0.877. The fraction of sp³-hybridized carbons (Fsp3) is 0.579. The van der Waals surface area contributed by atoms with Crippen LogP contribution in [0.1, 0.15) is 38.2 Å². The van der Waals surface area contributed by atoms with Crippen LogP contribution >= 0.6 is 0 Å². The van der Waals surface area contributed by atoms with Gasteiger partial charge < -0.3 is 10.1 Å². The number of unbranched alkanes of at least 4 members (excludes halogenated alkanes) is 1. The van der Waals surface area contributed by atoms with E-state index in [1.165, 1.54) is 12.1 Å². The number of carbonyl (C=O) groups is 2. The van der Waals surface area contributed by atoms with Gasteiger partial charge in [0.1, 0.15) is 5.82 Å². The lowest BCUT2D eigenvalue weighted by molar-refractivity contribution is -0.145. The highest BCUT2D eigenvalue weighted by Gasteiger charge is 2.25. The summed E-state index contributed by atoms with van der Waals surface area (Å²) in [5.74, 6) is -0.481. The van der Waals surface area contributed by atoms with E-state index in [9.17, 15) is 14.0 Å². The summed E-state index contributed by atoms with van der Waals surface area (Å²) in [4.78, 5) is 26.0. The Hall–Kier alpha value is -1.95. The summed E-state index contributed by atoms with van der Waals surface area (Å²) in [7, 11) is 0. The summed E-state index contributed by atoms with van der Waals surface area (Å²) in [6.07, 6.45) is 3.36. The molecule has 0 bridgehead atoms. The molecule has 1 saturated heterocycles. The predicted octanol–water partition coefficient (Wildman–Crippen LogP) is 2.50. The number of nitrogens with zero attached hydrogens (tertiary/aromatic N) is 1. The van der Waals surface area contributed by atoms with Gasteiger partial charge in [-0.2, -0.15) is 0 Å². The van der Waals surface area contributed by atoms with Crippen molar-refractivity contribution >= 4 is 11.9 Å². The molecule has 1 N–H and O–H groups in total. The maximum absolute atomic E-state index is 12.9. The number of carbonyl (C=O) groups excluding carboxylic acids is 2. The van der Waals surface area contributed by atoms with Gasteiger partial charge in [-0.1, -0.05) is 25.5 Å². The quantitative estimate of drug-likeness (QED) is 0.578. The van der Waals surface area contributed by atoms with E-state index in [0.29, 0.717) is 19.7 Å². The van der Waals surface area contributed by atoms with Crippen LogP contribution in [0.5, 0.6) is 0 Å². The number of likely N-dealkylation sites (tertiary alicyclic amines) is 1. The molecule has 0 unspecified atom stereocenters. The van der Waals surface area contributed by atoms with Crippen LogP contribution in [0.15, 0.2) is 24.3 Å². The van der Waals surface area contributed by atoms with E-state index in [1.807, 2.05) is 4.90 Å². The maximum Gasteiger partial charge on any atom is 0.320 e. The second kappa shape index (κ2) is 10.1. The molecule has 1 aliphatic rings. The third-order valence-electron chi connectivity index (χ3n) is 4.45. The molecular weight excluding hydrogens is 323 g/mol. The van der Waals surface area contributed by atoms with Crippen LogP contribution in [0.25, 0.3) is 0 Å². The van der Waals surface area contributed by atoms with Crippen molar-refractivity contribution in [2.75, 3.05) is 26.2 Å². The van der Waals surface area contributed by atoms with Gasteiger partial charge in [0.15, 0.2) is 0 Å². The molecule has 0 saturated carbocycles. The van der Waals surface area contributed by atoms with Crippen LogP contribution in [-0.4, -0.2) is 43.0 Å². The Morgan fingerprint density at radius 1 is 1.24 bits per heavy atom. The average Bonchev–Trinajstić information content (AvgIpc) is 2.62. The third-order valence-corrected chi connectivity index (χ3v) is 4.45. The van der Waals surface area contributed by atoms with Crippen LogP contribution in [0.2, 0.25) is 0 Å². The van der Waals surface area contributed by atoms with Gasteiger partial charge in [-0.15, -0.1) is 0 Å². The van der Waals surface area contributed by atoms with Crippen molar-refractivity contribution in [3.63, 3.8) is 0 Å². The zero-order valence-corrected chi connectivity index (χ0v) is 14.8. The predicted molar refractivity (Wildman–Crippen MR) is 93.3 cm³/mol. The highest BCUT2D eigenvalue weighted by atomic mass is 19.1. The highest BCUT2D eigenvalue weighted by molar-refractivity contribution is 5.78. The van der Waals surface area contributed by atoms with Crippen molar-refractivity contribution in [1.82, 2.24) is 10.2 Å². The Kier molecular flexibility index (Phi) is 7.85. The van der Waals surface area contributed by atoms with Crippen LogP contribution < -0.4 is 5.32 Å². The molecule has 1 aromatic rings. The van der Waals surface area contributed by atoms with Crippen LogP contribution in [0.4, 0.5) is 4.39 Å². The summed E-state index contributed by atoms with van der Waals surface area (Å²) in [6.45, 7) is 4.68. The number of halogens is 1. The van der Waals surface area contributed by atoms with E-state index in [2.05, 4.69) is 12.2 Å². The minimum Gasteiger partial charge on any atom is -0.465 e. The standard InChI is InChI=1S/C19H27FN2O3/c1-2-3-12-25-18(23)14-22-10-8-16(9-11-22)19(24)21-13-15-4-6-17(20)7-5-15/h4-7,16H,2-3,8-14H2,1H3,(H,21,24). The van der Waals surface area contributed by atoms with Gasteiger partial charge in [-0.3, -0.25) is 14.5 Å². The van der Waals surface area contributed by atoms with Crippen molar-refractivity contribution in [3.05, 3.63) is 35.6 Å². The van der Waals surface area contributed by atoms with E-state index in [4.69, 9.17) is 4.74 Å². The molecule has 5 nitrogen and oxygen atoms in total. The molecule has 6 heteroatoms. The number of ether oxygens (including phenoxy) is 1. The molecule has 138 valence electrons. The first-order valence-corrected chi connectivity index (χ1v) is 8.98. The third kappa shape index (κ3) is 6.82. The smallest absolute Gasteiger partial charge is 0.320 e. The Morgan fingerprint density at radius 3 is 2.56 bits per heavy atom. The van der Waals surface area contributed by atoms with Gasteiger partial charge in [0.25, 0.3) is 0 Å². The number of rotatable bonds is 8. The Morgan fingerprint density at radius 2 is 1.92 bits per heavy atom. The molecule has 0 radical (unpaired) electrons. The van der Waals surface area contributed by atoms with E-state index in [-0.39, 0.29) is 23.6 Å². The van der Waals surface area contributed by atoms with E-state index < -0.39 is 0 Å².